The van der Waals surface area contributed by atoms with Crippen LogP contribution >= 0.6 is 22.9 Å². The third-order valence-corrected chi connectivity index (χ3v) is 4.22. The van der Waals surface area contributed by atoms with Crippen LogP contribution in [-0.4, -0.2) is 16.0 Å². The van der Waals surface area contributed by atoms with Gasteiger partial charge in [-0.15, -0.1) is 0 Å². The lowest BCUT2D eigenvalue weighted by Gasteiger charge is -2.04. The standard InChI is InChI=1S/C15H11ClN2O2S/c1-8-2-5-12-13(6-8)21-15(17-12)18-14(20)10-7-9(19)3-4-11(10)16/h2-7,19H,1H3,(H,17,18,20). The molecule has 0 atom stereocenters. The highest BCUT2D eigenvalue weighted by atomic mass is 35.5. The van der Waals surface area contributed by atoms with Gasteiger partial charge in [-0.25, -0.2) is 4.98 Å². The number of anilines is 1. The SMILES string of the molecule is Cc1ccc2nc(NC(=O)c3cc(O)ccc3Cl)sc2c1. The average Bonchev–Trinajstić information content (AvgIpc) is 2.82. The van der Waals surface area contributed by atoms with E-state index in [1.54, 1.807) is 0 Å². The number of fused-ring (bicyclic) bond motifs is 1. The minimum atomic E-state index is -0.397. The number of nitrogens with one attached hydrogen (secondary N) is 1. The summed E-state index contributed by atoms with van der Waals surface area (Å²) in [4.78, 5) is 16.5. The maximum Gasteiger partial charge on any atom is 0.259 e. The minimum Gasteiger partial charge on any atom is -0.508 e. The Morgan fingerprint density at radius 2 is 2.10 bits per heavy atom. The van der Waals surface area contributed by atoms with E-state index in [0.29, 0.717) is 5.13 Å². The molecule has 0 fully saturated rings. The third kappa shape index (κ3) is 2.84. The lowest BCUT2D eigenvalue weighted by molar-refractivity contribution is 0.102. The summed E-state index contributed by atoms with van der Waals surface area (Å²) in [5, 5.41) is 12.9. The van der Waals surface area contributed by atoms with Crippen LogP contribution in [0.4, 0.5) is 5.13 Å². The zero-order valence-electron chi connectivity index (χ0n) is 11.1. The average molecular weight is 319 g/mol. The second-order valence-corrected chi connectivity index (χ2v) is 6.05. The number of aromatic hydroxyl groups is 1. The molecule has 3 aromatic rings. The monoisotopic (exact) mass is 318 g/mol. The Hall–Kier alpha value is -2.11. The first kappa shape index (κ1) is 13.9. The number of hydrogen-bond donors (Lipinski definition) is 2. The van der Waals surface area contributed by atoms with Crippen molar-refractivity contribution in [2.45, 2.75) is 6.92 Å². The summed E-state index contributed by atoms with van der Waals surface area (Å²) in [6.45, 7) is 2.00. The molecule has 0 unspecified atom stereocenters. The molecule has 0 saturated carbocycles. The summed E-state index contributed by atoms with van der Waals surface area (Å²) in [7, 11) is 0. The van der Waals surface area contributed by atoms with Crippen molar-refractivity contribution in [3.63, 3.8) is 0 Å². The fraction of sp³-hybridized carbons (Fsp3) is 0.0667. The van der Waals surface area contributed by atoms with Crippen molar-refractivity contribution in [1.82, 2.24) is 4.98 Å². The predicted octanol–water partition coefficient (Wildman–Crippen LogP) is 4.22. The van der Waals surface area contributed by atoms with Crippen LogP contribution < -0.4 is 5.32 Å². The molecule has 0 spiro atoms. The number of aryl methyl sites for hydroxylation is 1. The number of carbonyl (C=O) groups is 1. The molecule has 0 aliphatic rings. The molecular weight excluding hydrogens is 308 g/mol. The molecule has 0 aliphatic carbocycles. The van der Waals surface area contributed by atoms with E-state index in [4.69, 9.17) is 11.6 Å². The smallest absolute Gasteiger partial charge is 0.259 e. The third-order valence-electron chi connectivity index (χ3n) is 2.96. The van der Waals surface area contributed by atoms with E-state index in [-0.39, 0.29) is 16.3 Å². The van der Waals surface area contributed by atoms with Crippen molar-refractivity contribution < 1.29 is 9.90 Å². The fourth-order valence-corrected chi connectivity index (χ4v) is 3.10. The molecular formula is C15H11ClN2O2S. The maximum absolute atomic E-state index is 12.2. The van der Waals surface area contributed by atoms with Crippen LogP contribution in [0.2, 0.25) is 5.02 Å². The first-order valence-corrected chi connectivity index (χ1v) is 7.39. The molecule has 106 valence electrons. The summed E-state index contributed by atoms with van der Waals surface area (Å²) >= 11 is 7.36. The van der Waals surface area contributed by atoms with Crippen LogP contribution in [0, 0.1) is 6.92 Å². The van der Waals surface area contributed by atoms with Gasteiger partial charge in [-0.3, -0.25) is 10.1 Å². The van der Waals surface area contributed by atoms with Crippen molar-refractivity contribution >= 4 is 44.2 Å². The zero-order chi connectivity index (χ0) is 15.0. The second kappa shape index (κ2) is 5.35. The first-order chi connectivity index (χ1) is 10.0. The van der Waals surface area contributed by atoms with E-state index >= 15 is 0 Å². The molecule has 4 nitrogen and oxygen atoms in total. The highest BCUT2D eigenvalue weighted by Gasteiger charge is 2.13. The van der Waals surface area contributed by atoms with Gasteiger partial charge in [0, 0.05) is 0 Å². The van der Waals surface area contributed by atoms with Gasteiger partial charge in [0.05, 0.1) is 20.8 Å². The number of benzene rings is 2. The normalized spacial score (nSPS) is 10.8. The molecule has 1 aromatic heterocycles. The Balaban J connectivity index is 1.90. The maximum atomic E-state index is 12.2. The molecule has 2 aromatic carbocycles. The Morgan fingerprint density at radius 1 is 1.29 bits per heavy atom. The highest BCUT2D eigenvalue weighted by Crippen LogP contribution is 2.28. The van der Waals surface area contributed by atoms with E-state index in [0.717, 1.165) is 15.8 Å². The number of nitrogens with zero attached hydrogens (tertiary/aromatic N) is 1. The minimum absolute atomic E-state index is 0.00975. The molecule has 6 heteroatoms. The molecule has 3 rings (SSSR count). The van der Waals surface area contributed by atoms with Crippen LogP contribution in [0.1, 0.15) is 15.9 Å². The van der Waals surface area contributed by atoms with E-state index in [9.17, 15) is 9.90 Å². The summed E-state index contributed by atoms with van der Waals surface area (Å²) < 4.78 is 1.01. The van der Waals surface area contributed by atoms with Crippen LogP contribution in [0.3, 0.4) is 0 Å². The van der Waals surface area contributed by atoms with Gasteiger partial charge in [0.25, 0.3) is 5.91 Å². The van der Waals surface area contributed by atoms with Crippen molar-refractivity contribution in [3.8, 4) is 5.75 Å². The van der Waals surface area contributed by atoms with Crippen molar-refractivity contribution in [1.29, 1.82) is 0 Å². The lowest BCUT2D eigenvalue weighted by Crippen LogP contribution is -2.12. The Kier molecular flexibility index (Phi) is 3.53. The Labute approximate surface area is 130 Å². The largest absolute Gasteiger partial charge is 0.508 e. The van der Waals surface area contributed by atoms with Gasteiger partial charge in [0.2, 0.25) is 0 Å². The lowest BCUT2D eigenvalue weighted by atomic mass is 10.2. The molecule has 0 aliphatic heterocycles. The summed E-state index contributed by atoms with van der Waals surface area (Å²) in [5.74, 6) is -0.406. The van der Waals surface area contributed by atoms with Gasteiger partial charge in [-0.05, 0) is 42.8 Å². The molecule has 2 N–H and O–H groups in total. The molecule has 21 heavy (non-hydrogen) atoms. The topological polar surface area (TPSA) is 62.2 Å². The van der Waals surface area contributed by atoms with E-state index in [1.165, 1.54) is 29.5 Å². The predicted molar refractivity (Wildman–Crippen MR) is 85.4 cm³/mol. The zero-order valence-corrected chi connectivity index (χ0v) is 12.6. The van der Waals surface area contributed by atoms with Crippen molar-refractivity contribution in [2.75, 3.05) is 5.32 Å². The molecule has 0 bridgehead atoms. The number of phenolic OH excluding ortho intramolecular Hbond substituents is 1. The molecule has 1 amide bonds. The number of amides is 1. The molecule has 0 saturated heterocycles. The molecule has 0 radical (unpaired) electrons. The summed E-state index contributed by atoms with van der Waals surface area (Å²) in [6.07, 6.45) is 0. The second-order valence-electron chi connectivity index (χ2n) is 4.61. The number of halogens is 1. The van der Waals surface area contributed by atoms with E-state index in [1.807, 2.05) is 25.1 Å². The fourth-order valence-electron chi connectivity index (χ4n) is 1.94. The number of hydrogen-bond acceptors (Lipinski definition) is 4. The first-order valence-electron chi connectivity index (χ1n) is 6.20. The van der Waals surface area contributed by atoms with Gasteiger partial charge in [-0.2, -0.15) is 0 Å². The number of thiazole rings is 1. The van der Waals surface area contributed by atoms with Gasteiger partial charge in [0.1, 0.15) is 5.75 Å². The number of aromatic nitrogens is 1. The van der Waals surface area contributed by atoms with Crippen molar-refractivity contribution in [3.05, 3.63) is 52.5 Å². The quantitative estimate of drug-likeness (QED) is 0.743. The van der Waals surface area contributed by atoms with Crippen molar-refractivity contribution in [2.24, 2.45) is 0 Å². The summed E-state index contributed by atoms with van der Waals surface area (Å²) in [5.41, 5.74) is 2.19. The number of carbonyl (C=O) groups excluding carboxylic acids is 1. The van der Waals surface area contributed by atoms with Gasteiger partial charge in [-0.1, -0.05) is 29.0 Å². The van der Waals surface area contributed by atoms with Crippen LogP contribution in [0.15, 0.2) is 36.4 Å². The summed E-state index contributed by atoms with van der Waals surface area (Å²) in [6, 6.07) is 10.1. The van der Waals surface area contributed by atoms with E-state index in [2.05, 4.69) is 10.3 Å². The Morgan fingerprint density at radius 3 is 2.90 bits per heavy atom. The highest BCUT2D eigenvalue weighted by molar-refractivity contribution is 7.22. The van der Waals surface area contributed by atoms with Gasteiger partial charge in [0.15, 0.2) is 5.13 Å². The van der Waals surface area contributed by atoms with Crippen LogP contribution in [0.25, 0.3) is 10.2 Å². The van der Waals surface area contributed by atoms with Crippen LogP contribution in [-0.2, 0) is 0 Å². The number of phenols is 1. The van der Waals surface area contributed by atoms with E-state index < -0.39 is 5.91 Å². The van der Waals surface area contributed by atoms with Gasteiger partial charge < -0.3 is 5.11 Å². The number of rotatable bonds is 2. The Bertz CT molecular complexity index is 845. The van der Waals surface area contributed by atoms with Crippen LogP contribution in [0.5, 0.6) is 5.75 Å². The van der Waals surface area contributed by atoms with Gasteiger partial charge >= 0.3 is 0 Å². The molecule has 1 heterocycles.